The fourth-order valence-corrected chi connectivity index (χ4v) is 3.58. The van der Waals surface area contributed by atoms with Crippen LogP contribution in [0.3, 0.4) is 0 Å². The molecule has 0 spiro atoms. The molecule has 0 aliphatic carbocycles. The molecular formula is C19H20FN3O2S. The summed E-state index contributed by atoms with van der Waals surface area (Å²) in [5.74, 6) is 0.00620. The van der Waals surface area contributed by atoms with Gasteiger partial charge >= 0.3 is 0 Å². The fourth-order valence-electron chi connectivity index (χ4n) is 2.55. The van der Waals surface area contributed by atoms with E-state index >= 15 is 0 Å². The smallest absolute Gasteiger partial charge is 0.261 e. The third-order valence-electron chi connectivity index (χ3n) is 4.03. The molecule has 1 aromatic heterocycles. The number of sulfonamides is 1. The largest absolute Gasteiger partial charge is 0.276 e. The van der Waals surface area contributed by atoms with Crippen LogP contribution in [0.1, 0.15) is 30.9 Å². The van der Waals surface area contributed by atoms with Crippen molar-refractivity contribution in [2.24, 2.45) is 0 Å². The molecule has 1 N–H and O–H groups in total. The van der Waals surface area contributed by atoms with E-state index in [1.165, 1.54) is 23.1 Å². The highest BCUT2D eigenvalue weighted by Gasteiger charge is 2.15. The molecule has 0 amide bonds. The van der Waals surface area contributed by atoms with E-state index in [2.05, 4.69) is 9.82 Å². The summed E-state index contributed by atoms with van der Waals surface area (Å²) in [6.07, 6.45) is 2.94. The maximum absolute atomic E-state index is 13.7. The van der Waals surface area contributed by atoms with Crippen LogP contribution in [0.4, 0.5) is 10.1 Å². The minimum atomic E-state index is -3.70. The van der Waals surface area contributed by atoms with Gasteiger partial charge in [-0.05, 0) is 29.7 Å². The van der Waals surface area contributed by atoms with Gasteiger partial charge in [0.05, 0.1) is 23.3 Å². The van der Waals surface area contributed by atoms with Crippen LogP contribution in [0.15, 0.2) is 65.8 Å². The van der Waals surface area contributed by atoms with Gasteiger partial charge in [0.15, 0.2) is 0 Å². The van der Waals surface area contributed by atoms with Crippen LogP contribution in [0.5, 0.6) is 0 Å². The topological polar surface area (TPSA) is 64.0 Å². The molecule has 0 aliphatic rings. The lowest BCUT2D eigenvalue weighted by molar-refractivity contribution is 0.585. The van der Waals surface area contributed by atoms with Crippen LogP contribution in [0.2, 0.25) is 0 Å². The average Bonchev–Trinajstić information content (AvgIpc) is 3.03. The predicted molar refractivity (Wildman–Crippen MR) is 99.1 cm³/mol. The van der Waals surface area contributed by atoms with Crippen LogP contribution >= 0.6 is 0 Å². The van der Waals surface area contributed by atoms with Crippen molar-refractivity contribution < 1.29 is 12.8 Å². The Morgan fingerprint density at radius 2 is 1.81 bits per heavy atom. The van der Waals surface area contributed by atoms with Gasteiger partial charge in [-0.3, -0.25) is 9.40 Å². The quantitative estimate of drug-likeness (QED) is 0.710. The van der Waals surface area contributed by atoms with Crippen LogP contribution in [0, 0.1) is 5.82 Å². The van der Waals surface area contributed by atoms with Gasteiger partial charge in [0, 0.05) is 11.8 Å². The Morgan fingerprint density at radius 1 is 1.12 bits per heavy atom. The Balaban J connectivity index is 1.74. The Morgan fingerprint density at radius 3 is 2.46 bits per heavy atom. The number of aromatic nitrogens is 2. The molecule has 5 nitrogen and oxygen atoms in total. The van der Waals surface area contributed by atoms with Crippen LogP contribution < -0.4 is 4.72 Å². The van der Waals surface area contributed by atoms with Crippen molar-refractivity contribution in [2.45, 2.75) is 31.2 Å². The van der Waals surface area contributed by atoms with Gasteiger partial charge in [-0.25, -0.2) is 12.8 Å². The molecule has 7 heteroatoms. The zero-order valence-corrected chi connectivity index (χ0v) is 15.4. The van der Waals surface area contributed by atoms with E-state index in [0.717, 1.165) is 5.56 Å². The first-order valence-corrected chi connectivity index (χ1v) is 9.72. The van der Waals surface area contributed by atoms with Crippen molar-refractivity contribution in [3.8, 4) is 0 Å². The molecule has 1 heterocycles. The lowest BCUT2D eigenvalue weighted by Gasteiger charge is -2.08. The lowest BCUT2D eigenvalue weighted by Crippen LogP contribution is -2.12. The highest BCUT2D eigenvalue weighted by molar-refractivity contribution is 7.92. The summed E-state index contributed by atoms with van der Waals surface area (Å²) in [5, 5.41) is 4.09. The van der Waals surface area contributed by atoms with E-state index in [1.807, 2.05) is 13.8 Å². The second-order valence-corrected chi connectivity index (χ2v) is 8.03. The van der Waals surface area contributed by atoms with Crippen LogP contribution in [-0.2, 0) is 16.6 Å². The average molecular weight is 373 g/mol. The van der Waals surface area contributed by atoms with Crippen LogP contribution in [0.25, 0.3) is 0 Å². The van der Waals surface area contributed by atoms with Gasteiger partial charge in [0.25, 0.3) is 10.0 Å². The standard InChI is InChI=1S/C19H20FN3O2S/c1-14(2)15-7-9-18(10-8-15)26(24,25)22-17-11-21-23(13-17)12-16-5-3-4-6-19(16)20/h3-11,13-14,22H,12H2,1-2H3. The third-order valence-corrected chi connectivity index (χ3v) is 5.43. The Bertz CT molecular complexity index is 996. The molecule has 0 radical (unpaired) electrons. The maximum Gasteiger partial charge on any atom is 0.261 e. The van der Waals surface area contributed by atoms with E-state index in [-0.39, 0.29) is 17.3 Å². The maximum atomic E-state index is 13.7. The number of anilines is 1. The summed E-state index contributed by atoms with van der Waals surface area (Å²) in [5.41, 5.74) is 1.88. The van der Waals surface area contributed by atoms with E-state index in [1.54, 1.807) is 42.5 Å². The summed E-state index contributed by atoms with van der Waals surface area (Å²) in [6.45, 7) is 4.31. The first-order chi connectivity index (χ1) is 12.3. The van der Waals surface area contributed by atoms with E-state index in [9.17, 15) is 12.8 Å². The van der Waals surface area contributed by atoms with E-state index < -0.39 is 10.0 Å². The number of rotatable bonds is 6. The zero-order chi connectivity index (χ0) is 18.7. The molecule has 0 saturated heterocycles. The fraction of sp³-hybridized carbons (Fsp3) is 0.211. The third kappa shape index (κ3) is 4.11. The number of halogens is 1. The minimum Gasteiger partial charge on any atom is -0.276 e. The highest BCUT2D eigenvalue weighted by atomic mass is 32.2. The van der Waals surface area contributed by atoms with Gasteiger partial charge < -0.3 is 0 Å². The molecule has 0 bridgehead atoms. The Kier molecular flexibility index (Phi) is 5.08. The SMILES string of the molecule is CC(C)c1ccc(S(=O)(=O)Nc2cnn(Cc3ccccc3F)c2)cc1. The second kappa shape index (κ2) is 7.29. The summed E-state index contributed by atoms with van der Waals surface area (Å²) < 4.78 is 42.7. The predicted octanol–water partition coefficient (Wildman–Crippen LogP) is 3.99. The van der Waals surface area contributed by atoms with Crippen molar-refractivity contribution in [2.75, 3.05) is 4.72 Å². The molecular weight excluding hydrogens is 353 g/mol. The van der Waals surface area contributed by atoms with Crippen LogP contribution in [-0.4, -0.2) is 18.2 Å². The Hall–Kier alpha value is -2.67. The molecule has 26 heavy (non-hydrogen) atoms. The molecule has 0 aliphatic heterocycles. The van der Waals surface area contributed by atoms with Gasteiger partial charge in [-0.2, -0.15) is 5.10 Å². The first-order valence-electron chi connectivity index (χ1n) is 8.24. The van der Waals surface area contributed by atoms with Crippen molar-refractivity contribution in [1.29, 1.82) is 0 Å². The number of nitrogens with one attached hydrogen (secondary N) is 1. The van der Waals surface area contributed by atoms with Gasteiger partial charge in [0.1, 0.15) is 5.82 Å². The molecule has 0 saturated carbocycles. The minimum absolute atomic E-state index is 0.184. The molecule has 0 atom stereocenters. The van der Waals surface area contributed by atoms with Crippen molar-refractivity contribution in [3.63, 3.8) is 0 Å². The van der Waals surface area contributed by atoms with E-state index in [4.69, 9.17) is 0 Å². The molecule has 3 aromatic rings. The zero-order valence-electron chi connectivity index (χ0n) is 14.6. The highest BCUT2D eigenvalue weighted by Crippen LogP contribution is 2.20. The normalized spacial score (nSPS) is 11.7. The number of nitrogens with zero attached hydrogens (tertiary/aromatic N) is 2. The number of hydrogen-bond donors (Lipinski definition) is 1. The summed E-state index contributed by atoms with van der Waals surface area (Å²) in [4.78, 5) is 0.184. The van der Waals surface area contributed by atoms with E-state index in [0.29, 0.717) is 17.2 Å². The lowest BCUT2D eigenvalue weighted by atomic mass is 10.0. The molecule has 3 rings (SSSR count). The molecule has 2 aromatic carbocycles. The molecule has 136 valence electrons. The monoisotopic (exact) mass is 373 g/mol. The number of benzene rings is 2. The summed E-state index contributed by atoms with van der Waals surface area (Å²) >= 11 is 0. The molecule has 0 fully saturated rings. The van der Waals surface area contributed by atoms with Gasteiger partial charge in [-0.1, -0.05) is 44.2 Å². The molecule has 0 unspecified atom stereocenters. The first kappa shape index (κ1) is 18.1. The summed E-state index contributed by atoms with van der Waals surface area (Å²) in [7, 11) is -3.70. The van der Waals surface area contributed by atoms with Crippen molar-refractivity contribution in [1.82, 2.24) is 9.78 Å². The van der Waals surface area contributed by atoms with Gasteiger partial charge in [-0.15, -0.1) is 0 Å². The van der Waals surface area contributed by atoms with Crippen molar-refractivity contribution in [3.05, 3.63) is 77.9 Å². The number of hydrogen-bond acceptors (Lipinski definition) is 3. The summed E-state index contributed by atoms with van der Waals surface area (Å²) in [6, 6.07) is 13.2. The van der Waals surface area contributed by atoms with Crippen molar-refractivity contribution >= 4 is 15.7 Å². The van der Waals surface area contributed by atoms with Gasteiger partial charge in [0.2, 0.25) is 0 Å². The second-order valence-electron chi connectivity index (χ2n) is 6.35. The Labute approximate surface area is 152 Å².